The molecule has 0 radical (unpaired) electrons. The van der Waals surface area contributed by atoms with Crippen molar-refractivity contribution < 1.29 is 4.79 Å². The number of urea groups is 1. The molecule has 15 heavy (non-hydrogen) atoms. The van der Waals surface area contributed by atoms with Crippen molar-refractivity contribution in [1.29, 1.82) is 0 Å². The molecule has 0 aliphatic carbocycles. The third-order valence-corrected chi connectivity index (χ3v) is 3.26. The van der Waals surface area contributed by atoms with Crippen LogP contribution in [0.1, 0.15) is 46.0 Å². The standard InChI is InChI=1S/C12H24N2O/c1-4-5-6-7-8-11(2)14-10-9-13(3)12(14)15/h11H,4-10H2,1-3H3. The molecule has 1 saturated heterocycles. The second kappa shape index (κ2) is 5.99. The zero-order valence-corrected chi connectivity index (χ0v) is 10.3. The molecule has 1 aliphatic heterocycles. The van der Waals surface area contributed by atoms with Crippen molar-refractivity contribution in [3.05, 3.63) is 0 Å². The molecule has 1 unspecified atom stereocenters. The van der Waals surface area contributed by atoms with Crippen LogP contribution < -0.4 is 0 Å². The number of likely N-dealkylation sites (N-methyl/N-ethyl adjacent to an activating group) is 1. The Hall–Kier alpha value is -0.730. The van der Waals surface area contributed by atoms with Gasteiger partial charge in [0.05, 0.1) is 0 Å². The number of nitrogens with zero attached hydrogens (tertiary/aromatic N) is 2. The van der Waals surface area contributed by atoms with E-state index in [1.165, 1.54) is 25.7 Å². The number of hydrogen-bond donors (Lipinski definition) is 0. The van der Waals surface area contributed by atoms with Crippen LogP contribution in [-0.4, -0.2) is 42.0 Å². The van der Waals surface area contributed by atoms with Crippen LogP contribution >= 0.6 is 0 Å². The van der Waals surface area contributed by atoms with Crippen LogP contribution in [0.3, 0.4) is 0 Å². The van der Waals surface area contributed by atoms with Crippen LogP contribution in [0.15, 0.2) is 0 Å². The highest BCUT2D eigenvalue weighted by molar-refractivity contribution is 5.76. The zero-order chi connectivity index (χ0) is 11.3. The fraction of sp³-hybridized carbons (Fsp3) is 0.917. The normalized spacial score (nSPS) is 18.7. The quantitative estimate of drug-likeness (QED) is 0.621. The number of unbranched alkanes of at least 4 members (excludes halogenated alkanes) is 3. The van der Waals surface area contributed by atoms with Crippen molar-refractivity contribution in [2.24, 2.45) is 0 Å². The van der Waals surface area contributed by atoms with Gasteiger partial charge in [0, 0.05) is 26.2 Å². The van der Waals surface area contributed by atoms with E-state index in [1.807, 2.05) is 16.8 Å². The van der Waals surface area contributed by atoms with E-state index in [0.29, 0.717) is 6.04 Å². The number of rotatable bonds is 6. The molecule has 0 aromatic carbocycles. The Morgan fingerprint density at radius 2 is 2.00 bits per heavy atom. The molecule has 3 heteroatoms. The number of carbonyl (C=O) groups excluding carboxylic acids is 1. The van der Waals surface area contributed by atoms with Crippen molar-refractivity contribution in [3.63, 3.8) is 0 Å². The average Bonchev–Trinajstić information content (AvgIpc) is 2.55. The lowest BCUT2D eigenvalue weighted by atomic mass is 10.1. The van der Waals surface area contributed by atoms with Gasteiger partial charge in [-0.05, 0) is 13.3 Å². The first kappa shape index (κ1) is 12.3. The second-order valence-electron chi connectivity index (χ2n) is 4.60. The van der Waals surface area contributed by atoms with Gasteiger partial charge < -0.3 is 9.80 Å². The van der Waals surface area contributed by atoms with E-state index < -0.39 is 0 Å². The molecule has 1 fully saturated rings. The molecule has 1 heterocycles. The predicted octanol–water partition coefficient (Wildman–Crippen LogP) is 2.71. The van der Waals surface area contributed by atoms with Gasteiger partial charge in [-0.3, -0.25) is 0 Å². The van der Waals surface area contributed by atoms with E-state index in [9.17, 15) is 4.79 Å². The van der Waals surface area contributed by atoms with Gasteiger partial charge in [0.1, 0.15) is 0 Å². The minimum Gasteiger partial charge on any atom is -0.326 e. The van der Waals surface area contributed by atoms with Crippen molar-refractivity contribution in [2.45, 2.75) is 52.0 Å². The van der Waals surface area contributed by atoms with Crippen molar-refractivity contribution in [2.75, 3.05) is 20.1 Å². The largest absolute Gasteiger partial charge is 0.326 e. The molecule has 0 spiro atoms. The lowest BCUT2D eigenvalue weighted by Crippen LogP contribution is -2.36. The van der Waals surface area contributed by atoms with Crippen LogP contribution in [0.4, 0.5) is 4.79 Å². The van der Waals surface area contributed by atoms with Gasteiger partial charge in [0.2, 0.25) is 0 Å². The van der Waals surface area contributed by atoms with Gasteiger partial charge in [0.25, 0.3) is 0 Å². The Balaban J connectivity index is 2.22. The number of carbonyl (C=O) groups is 1. The molecule has 88 valence electrons. The molecule has 1 atom stereocenters. The number of hydrogen-bond acceptors (Lipinski definition) is 1. The highest BCUT2D eigenvalue weighted by Crippen LogP contribution is 2.15. The minimum absolute atomic E-state index is 0.206. The van der Waals surface area contributed by atoms with Gasteiger partial charge in [0.15, 0.2) is 0 Å². The van der Waals surface area contributed by atoms with E-state index >= 15 is 0 Å². The Labute approximate surface area is 93.4 Å². The highest BCUT2D eigenvalue weighted by atomic mass is 16.2. The molecule has 0 bridgehead atoms. The van der Waals surface area contributed by atoms with Crippen molar-refractivity contribution in [3.8, 4) is 0 Å². The van der Waals surface area contributed by atoms with Gasteiger partial charge in [-0.2, -0.15) is 0 Å². The molecule has 2 amide bonds. The minimum atomic E-state index is 0.206. The smallest absolute Gasteiger partial charge is 0.320 e. The Kier molecular flexibility index (Phi) is 4.92. The van der Waals surface area contributed by atoms with E-state index in [4.69, 9.17) is 0 Å². The summed E-state index contributed by atoms with van der Waals surface area (Å²) in [6.07, 6.45) is 6.31. The summed E-state index contributed by atoms with van der Waals surface area (Å²) in [5.74, 6) is 0. The molecule has 0 saturated carbocycles. The maximum Gasteiger partial charge on any atom is 0.320 e. The first-order valence-corrected chi connectivity index (χ1v) is 6.18. The highest BCUT2D eigenvalue weighted by Gasteiger charge is 2.28. The van der Waals surface area contributed by atoms with Crippen molar-refractivity contribution >= 4 is 6.03 Å². The Morgan fingerprint density at radius 1 is 1.27 bits per heavy atom. The molecule has 0 aromatic rings. The van der Waals surface area contributed by atoms with E-state index in [-0.39, 0.29) is 6.03 Å². The monoisotopic (exact) mass is 212 g/mol. The SMILES string of the molecule is CCCCCCC(C)N1CCN(C)C1=O. The van der Waals surface area contributed by atoms with E-state index in [2.05, 4.69) is 13.8 Å². The van der Waals surface area contributed by atoms with Gasteiger partial charge in [-0.15, -0.1) is 0 Å². The number of amides is 2. The summed E-state index contributed by atoms with van der Waals surface area (Å²) in [5, 5.41) is 0. The van der Waals surface area contributed by atoms with Crippen LogP contribution in [0.25, 0.3) is 0 Å². The molecule has 0 aromatic heterocycles. The third kappa shape index (κ3) is 3.40. The lowest BCUT2D eigenvalue weighted by Gasteiger charge is -2.23. The summed E-state index contributed by atoms with van der Waals surface area (Å²) in [7, 11) is 1.88. The third-order valence-electron chi connectivity index (χ3n) is 3.26. The summed E-state index contributed by atoms with van der Waals surface area (Å²) in [5.41, 5.74) is 0. The second-order valence-corrected chi connectivity index (χ2v) is 4.60. The molecule has 1 aliphatic rings. The Bertz CT molecular complexity index is 206. The first-order chi connectivity index (χ1) is 7.16. The summed E-state index contributed by atoms with van der Waals surface area (Å²) in [6.45, 7) is 6.19. The maximum absolute atomic E-state index is 11.7. The summed E-state index contributed by atoms with van der Waals surface area (Å²) in [6, 6.07) is 0.622. The fourth-order valence-corrected chi connectivity index (χ4v) is 2.10. The van der Waals surface area contributed by atoms with Crippen LogP contribution in [0.2, 0.25) is 0 Å². The molecule has 1 rings (SSSR count). The molecule has 0 N–H and O–H groups in total. The predicted molar refractivity (Wildman–Crippen MR) is 63.0 cm³/mol. The van der Waals surface area contributed by atoms with Crippen LogP contribution in [-0.2, 0) is 0 Å². The van der Waals surface area contributed by atoms with E-state index in [0.717, 1.165) is 19.5 Å². The van der Waals surface area contributed by atoms with Crippen LogP contribution in [0.5, 0.6) is 0 Å². The lowest BCUT2D eigenvalue weighted by molar-refractivity contribution is 0.182. The van der Waals surface area contributed by atoms with Crippen molar-refractivity contribution in [1.82, 2.24) is 9.80 Å². The summed E-state index contributed by atoms with van der Waals surface area (Å²) in [4.78, 5) is 15.5. The fourth-order valence-electron chi connectivity index (χ4n) is 2.10. The summed E-state index contributed by atoms with van der Waals surface area (Å²) < 4.78 is 0. The van der Waals surface area contributed by atoms with Gasteiger partial charge in [-0.25, -0.2) is 4.79 Å². The van der Waals surface area contributed by atoms with E-state index in [1.54, 1.807) is 0 Å². The molecule has 3 nitrogen and oxygen atoms in total. The summed E-state index contributed by atoms with van der Waals surface area (Å²) >= 11 is 0. The average molecular weight is 212 g/mol. The maximum atomic E-state index is 11.7. The molecular formula is C12H24N2O. The first-order valence-electron chi connectivity index (χ1n) is 6.18. The van der Waals surface area contributed by atoms with Crippen LogP contribution in [0, 0.1) is 0 Å². The molecular weight excluding hydrogens is 188 g/mol. The zero-order valence-electron chi connectivity index (χ0n) is 10.3. The Morgan fingerprint density at radius 3 is 2.53 bits per heavy atom. The topological polar surface area (TPSA) is 23.6 Å². The van der Waals surface area contributed by atoms with Gasteiger partial charge >= 0.3 is 6.03 Å². The van der Waals surface area contributed by atoms with Gasteiger partial charge in [-0.1, -0.05) is 32.6 Å².